The fraction of sp³-hybridized carbons (Fsp3) is 0.500. The number of rotatable bonds is 6. The van der Waals surface area contributed by atoms with Crippen LogP contribution in [0.2, 0.25) is 0 Å². The Balaban J connectivity index is 1.64. The zero-order valence-corrected chi connectivity index (χ0v) is 12.1. The van der Waals surface area contributed by atoms with Crippen LogP contribution in [0.5, 0.6) is 0 Å². The van der Waals surface area contributed by atoms with Crippen LogP contribution in [0.25, 0.3) is 11.4 Å². The molecule has 1 aliphatic heterocycles. The largest absolute Gasteiger partial charge is 0.396 e. The van der Waals surface area contributed by atoms with E-state index in [-0.39, 0.29) is 6.61 Å². The van der Waals surface area contributed by atoms with Crippen molar-refractivity contribution in [3.05, 3.63) is 36.2 Å². The van der Waals surface area contributed by atoms with Crippen molar-refractivity contribution in [1.29, 1.82) is 0 Å². The minimum atomic E-state index is 0.267. The van der Waals surface area contributed by atoms with Gasteiger partial charge in [0.1, 0.15) is 0 Å². The fourth-order valence-electron chi connectivity index (χ4n) is 2.95. The molecule has 5 nitrogen and oxygen atoms in total. The summed E-state index contributed by atoms with van der Waals surface area (Å²) in [6.07, 6.45) is 4.30. The molecule has 0 radical (unpaired) electrons. The second-order valence-electron chi connectivity index (χ2n) is 5.51. The van der Waals surface area contributed by atoms with Gasteiger partial charge >= 0.3 is 0 Å². The number of nitrogens with zero attached hydrogens (tertiary/aromatic N) is 3. The monoisotopic (exact) mass is 287 g/mol. The Morgan fingerprint density at radius 2 is 2.14 bits per heavy atom. The number of benzene rings is 1. The summed E-state index contributed by atoms with van der Waals surface area (Å²) in [6.45, 7) is 2.04. The van der Waals surface area contributed by atoms with Gasteiger partial charge in [0, 0.05) is 18.2 Å². The normalized spacial score (nSPS) is 19.2. The van der Waals surface area contributed by atoms with Crippen molar-refractivity contribution in [2.45, 2.75) is 38.3 Å². The molecule has 2 aromatic rings. The predicted octanol–water partition coefficient (Wildman–Crippen LogP) is 2.47. The lowest BCUT2D eigenvalue weighted by molar-refractivity contribution is 0.188. The van der Waals surface area contributed by atoms with Gasteiger partial charge in [-0.1, -0.05) is 35.5 Å². The molecule has 0 spiro atoms. The zero-order valence-electron chi connectivity index (χ0n) is 12.1. The number of likely N-dealkylation sites (tertiary alicyclic amines) is 1. The van der Waals surface area contributed by atoms with Gasteiger partial charge in [-0.2, -0.15) is 4.98 Å². The van der Waals surface area contributed by atoms with E-state index < -0.39 is 0 Å². The van der Waals surface area contributed by atoms with Gasteiger partial charge in [-0.15, -0.1) is 0 Å². The molecule has 21 heavy (non-hydrogen) atoms. The Morgan fingerprint density at radius 1 is 1.29 bits per heavy atom. The van der Waals surface area contributed by atoms with Crippen LogP contribution >= 0.6 is 0 Å². The molecule has 0 saturated carbocycles. The molecule has 1 atom stereocenters. The third-order valence-electron chi connectivity index (χ3n) is 4.03. The van der Waals surface area contributed by atoms with E-state index in [0.29, 0.717) is 24.3 Å². The average molecular weight is 287 g/mol. The molecule has 1 aromatic heterocycles. The number of hydrogen-bond donors (Lipinski definition) is 1. The highest BCUT2D eigenvalue weighted by molar-refractivity contribution is 5.53. The topological polar surface area (TPSA) is 62.4 Å². The highest BCUT2D eigenvalue weighted by Gasteiger charge is 2.25. The Hall–Kier alpha value is -1.72. The molecule has 1 fully saturated rings. The van der Waals surface area contributed by atoms with Crippen LogP contribution < -0.4 is 0 Å². The molecule has 0 aliphatic carbocycles. The van der Waals surface area contributed by atoms with Gasteiger partial charge in [-0.3, -0.25) is 4.90 Å². The Bertz CT molecular complexity index is 556. The van der Waals surface area contributed by atoms with Crippen molar-refractivity contribution in [2.24, 2.45) is 0 Å². The van der Waals surface area contributed by atoms with Gasteiger partial charge in [0.15, 0.2) is 0 Å². The van der Waals surface area contributed by atoms with E-state index >= 15 is 0 Å². The van der Waals surface area contributed by atoms with E-state index in [0.717, 1.165) is 24.9 Å². The van der Waals surface area contributed by atoms with Crippen LogP contribution in [0.15, 0.2) is 34.9 Å². The van der Waals surface area contributed by atoms with Gasteiger partial charge in [-0.25, -0.2) is 0 Å². The maximum absolute atomic E-state index is 8.97. The molecular weight excluding hydrogens is 266 g/mol. The minimum Gasteiger partial charge on any atom is -0.396 e. The molecule has 3 rings (SSSR count). The van der Waals surface area contributed by atoms with Crippen molar-refractivity contribution in [1.82, 2.24) is 15.0 Å². The summed E-state index contributed by atoms with van der Waals surface area (Å²) in [5.74, 6) is 1.32. The number of aromatic nitrogens is 2. The molecule has 1 unspecified atom stereocenters. The minimum absolute atomic E-state index is 0.267. The third kappa shape index (κ3) is 3.49. The van der Waals surface area contributed by atoms with Gasteiger partial charge in [0.2, 0.25) is 11.7 Å². The summed E-state index contributed by atoms with van der Waals surface area (Å²) in [5.41, 5.74) is 0.978. The molecule has 1 saturated heterocycles. The quantitative estimate of drug-likeness (QED) is 0.884. The number of aliphatic hydroxyl groups excluding tert-OH is 1. The summed E-state index contributed by atoms with van der Waals surface area (Å²) < 4.78 is 5.38. The maximum atomic E-state index is 8.97. The molecule has 1 N–H and O–H groups in total. The van der Waals surface area contributed by atoms with Crippen molar-refractivity contribution < 1.29 is 9.63 Å². The van der Waals surface area contributed by atoms with Crippen LogP contribution in [0.3, 0.4) is 0 Å². The van der Waals surface area contributed by atoms with Crippen LogP contribution in [0.4, 0.5) is 0 Å². The maximum Gasteiger partial charge on any atom is 0.241 e. The first-order valence-electron chi connectivity index (χ1n) is 7.60. The second kappa shape index (κ2) is 6.83. The summed E-state index contributed by atoms with van der Waals surface area (Å²) in [5, 5.41) is 13.0. The van der Waals surface area contributed by atoms with Crippen molar-refractivity contribution in [3.63, 3.8) is 0 Å². The third-order valence-corrected chi connectivity index (χ3v) is 4.03. The summed E-state index contributed by atoms with van der Waals surface area (Å²) in [4.78, 5) is 6.88. The molecule has 112 valence electrons. The molecular formula is C16H21N3O2. The Kier molecular flexibility index (Phi) is 4.62. The zero-order chi connectivity index (χ0) is 14.5. The predicted molar refractivity (Wildman–Crippen MR) is 79.5 cm³/mol. The lowest BCUT2D eigenvalue weighted by atomic mass is 10.1. The first kappa shape index (κ1) is 14.2. The first-order chi connectivity index (χ1) is 10.4. The van der Waals surface area contributed by atoms with E-state index in [1.54, 1.807) is 0 Å². The summed E-state index contributed by atoms with van der Waals surface area (Å²) >= 11 is 0. The first-order valence-corrected chi connectivity index (χ1v) is 7.60. The summed E-state index contributed by atoms with van der Waals surface area (Å²) in [6, 6.07) is 10.4. The molecule has 0 amide bonds. The summed E-state index contributed by atoms with van der Waals surface area (Å²) in [7, 11) is 0. The van der Waals surface area contributed by atoms with Gasteiger partial charge in [0.25, 0.3) is 0 Å². The van der Waals surface area contributed by atoms with Crippen molar-refractivity contribution in [2.75, 3.05) is 13.2 Å². The molecule has 1 aromatic carbocycles. The number of aliphatic hydroxyl groups is 1. The van der Waals surface area contributed by atoms with E-state index in [1.165, 1.54) is 12.8 Å². The van der Waals surface area contributed by atoms with Crippen LogP contribution in [0, 0.1) is 0 Å². The van der Waals surface area contributed by atoms with Crippen molar-refractivity contribution >= 4 is 0 Å². The van der Waals surface area contributed by atoms with E-state index in [1.807, 2.05) is 30.3 Å². The smallest absolute Gasteiger partial charge is 0.241 e. The van der Waals surface area contributed by atoms with Gasteiger partial charge in [-0.05, 0) is 32.2 Å². The van der Waals surface area contributed by atoms with Crippen LogP contribution in [-0.4, -0.2) is 39.3 Å². The molecule has 5 heteroatoms. The van der Waals surface area contributed by atoms with Crippen LogP contribution in [0.1, 0.15) is 31.6 Å². The van der Waals surface area contributed by atoms with E-state index in [4.69, 9.17) is 9.63 Å². The lowest BCUT2D eigenvalue weighted by Gasteiger charge is -2.22. The van der Waals surface area contributed by atoms with Gasteiger partial charge in [0.05, 0.1) is 6.54 Å². The SMILES string of the molecule is OCCCC1CCCN1Cc1nc(-c2ccccc2)no1. The Labute approximate surface area is 124 Å². The highest BCUT2D eigenvalue weighted by atomic mass is 16.5. The van der Waals surface area contributed by atoms with Gasteiger partial charge < -0.3 is 9.63 Å². The fourth-order valence-corrected chi connectivity index (χ4v) is 2.95. The van der Waals surface area contributed by atoms with E-state index in [2.05, 4.69) is 15.0 Å². The molecule has 1 aliphatic rings. The standard InChI is InChI=1S/C16H21N3O2/c20-11-5-9-14-8-4-10-19(14)12-15-17-16(18-21-15)13-6-2-1-3-7-13/h1-3,6-7,14,20H,4-5,8-12H2. The highest BCUT2D eigenvalue weighted by Crippen LogP contribution is 2.24. The number of hydrogen-bond acceptors (Lipinski definition) is 5. The van der Waals surface area contributed by atoms with E-state index in [9.17, 15) is 0 Å². The molecule has 0 bridgehead atoms. The lowest BCUT2D eigenvalue weighted by Crippen LogP contribution is -2.29. The molecule has 2 heterocycles. The van der Waals surface area contributed by atoms with Crippen LogP contribution in [-0.2, 0) is 6.54 Å². The average Bonchev–Trinajstić information content (AvgIpc) is 3.16. The Morgan fingerprint density at radius 3 is 2.95 bits per heavy atom. The second-order valence-corrected chi connectivity index (χ2v) is 5.51. The van der Waals surface area contributed by atoms with Crippen molar-refractivity contribution in [3.8, 4) is 11.4 Å².